The molecule has 0 spiro atoms. The van der Waals surface area contributed by atoms with Crippen molar-refractivity contribution in [2.75, 3.05) is 12.3 Å². The Bertz CT molecular complexity index is 63.2. The van der Waals surface area contributed by atoms with Crippen molar-refractivity contribution in [2.45, 2.75) is 0 Å². The maximum Gasteiger partial charge on any atom is 0.00876 e. The molecule has 0 fully saturated rings. The van der Waals surface area contributed by atoms with Crippen molar-refractivity contribution in [1.82, 2.24) is 0 Å². The van der Waals surface area contributed by atoms with Gasteiger partial charge in [0, 0.05) is 12.3 Å². The fourth-order valence-electron chi connectivity index (χ4n) is 0.142. The molecule has 0 saturated carbocycles. The molecule has 0 aromatic rings. The summed E-state index contributed by atoms with van der Waals surface area (Å²) in [6.45, 7) is 0.654. The molecule has 0 rings (SSSR count). The van der Waals surface area contributed by atoms with Crippen LogP contribution < -0.4 is 5.73 Å². The van der Waals surface area contributed by atoms with Crippen molar-refractivity contribution in [3.63, 3.8) is 0 Å². The molecule has 0 aliphatic carbocycles. The second-order valence-electron chi connectivity index (χ2n) is 0.887. The first kappa shape index (κ1) is 7.62. The van der Waals surface area contributed by atoms with E-state index in [1.54, 1.807) is 0 Å². The molecule has 0 bridgehead atoms. The molecule has 1 nitrogen and oxygen atoms in total. The average Bonchev–Trinajstić information content (AvgIpc) is 1.61. The molecule has 7 heavy (non-hydrogen) atoms. The van der Waals surface area contributed by atoms with E-state index in [4.69, 9.17) is 5.73 Å². The third-order valence-electron chi connectivity index (χ3n) is 0.338. The summed E-state index contributed by atoms with van der Waals surface area (Å²) in [6, 6.07) is 0. The maximum absolute atomic E-state index is 5.15. The molecular weight excluding hydrogens is 146 g/mol. The number of nitrogens with two attached hydrogens (primary N) is 1. The Kier molecular flexibility index (Phi) is 5.19. The highest BCUT2D eigenvalue weighted by Gasteiger charge is 1.76. The highest BCUT2D eigenvalue weighted by atomic mass is 32.2. The topological polar surface area (TPSA) is 26.0 Å². The standard InChI is InChI=1S/C3H7NS3/c4-1-2-7-3(5)6/h1-2,4H2,(H,5,6)/p-1. The van der Waals surface area contributed by atoms with Crippen LogP contribution in [0.1, 0.15) is 0 Å². The lowest BCUT2D eigenvalue weighted by atomic mass is 10.8. The quantitative estimate of drug-likeness (QED) is 0.460. The van der Waals surface area contributed by atoms with Crippen molar-refractivity contribution in [2.24, 2.45) is 5.73 Å². The van der Waals surface area contributed by atoms with E-state index in [-0.39, 0.29) is 0 Å². The third kappa shape index (κ3) is 6.62. The van der Waals surface area contributed by atoms with E-state index in [9.17, 15) is 0 Å². The van der Waals surface area contributed by atoms with Crippen LogP contribution in [0.5, 0.6) is 0 Å². The Labute approximate surface area is 58.4 Å². The minimum Gasteiger partial charge on any atom is -0.422 e. The van der Waals surface area contributed by atoms with Gasteiger partial charge in [0.15, 0.2) is 0 Å². The van der Waals surface area contributed by atoms with Crippen molar-refractivity contribution in [3.8, 4) is 0 Å². The van der Waals surface area contributed by atoms with E-state index >= 15 is 0 Å². The van der Waals surface area contributed by atoms with Crippen LogP contribution in [0.3, 0.4) is 0 Å². The first-order valence-electron chi connectivity index (χ1n) is 1.81. The lowest BCUT2D eigenvalue weighted by molar-refractivity contribution is 1.15. The maximum atomic E-state index is 5.15. The van der Waals surface area contributed by atoms with E-state index < -0.39 is 0 Å². The van der Waals surface area contributed by atoms with Crippen molar-refractivity contribution < 1.29 is 0 Å². The van der Waals surface area contributed by atoms with Gasteiger partial charge in [0.2, 0.25) is 0 Å². The van der Waals surface area contributed by atoms with Crippen LogP contribution in [-0.4, -0.2) is 15.8 Å². The molecule has 0 aliphatic rings. The minimum atomic E-state index is 0.561. The molecule has 0 aromatic carbocycles. The smallest absolute Gasteiger partial charge is 0.00876 e. The Morgan fingerprint density at radius 1 is 1.86 bits per heavy atom. The van der Waals surface area contributed by atoms with Gasteiger partial charge in [0.1, 0.15) is 0 Å². The van der Waals surface area contributed by atoms with Crippen LogP contribution >= 0.6 is 24.0 Å². The molecule has 0 radical (unpaired) electrons. The van der Waals surface area contributed by atoms with Crippen LogP contribution in [0, 0.1) is 0 Å². The number of thiocarbonyl (C=S) groups is 1. The lowest BCUT2D eigenvalue weighted by Gasteiger charge is -1.99. The highest BCUT2D eigenvalue weighted by molar-refractivity contribution is 8.36. The summed E-state index contributed by atoms with van der Waals surface area (Å²) in [7, 11) is 0. The molecule has 0 atom stereocenters. The fourth-order valence-corrected chi connectivity index (χ4v) is 0.927. The Balaban J connectivity index is 2.82. The number of rotatable bonds is 2. The fraction of sp³-hybridized carbons (Fsp3) is 0.667. The largest absolute Gasteiger partial charge is 0.422 e. The molecule has 2 N–H and O–H groups in total. The minimum absolute atomic E-state index is 0.561. The summed E-state index contributed by atoms with van der Waals surface area (Å²) in [5.74, 6) is 0.850. The van der Waals surface area contributed by atoms with Crippen molar-refractivity contribution in [3.05, 3.63) is 0 Å². The van der Waals surface area contributed by atoms with E-state index in [1.807, 2.05) is 0 Å². The van der Waals surface area contributed by atoms with E-state index in [2.05, 4.69) is 24.8 Å². The highest BCUT2D eigenvalue weighted by Crippen LogP contribution is 1.98. The van der Waals surface area contributed by atoms with E-state index in [1.165, 1.54) is 11.8 Å². The van der Waals surface area contributed by atoms with Gasteiger partial charge in [-0.3, -0.25) is 0 Å². The molecular formula is C3H6NS3-. The summed E-state index contributed by atoms with van der Waals surface area (Å²) in [5.41, 5.74) is 5.15. The molecule has 4 heteroatoms. The normalized spacial score (nSPS) is 8.71. The zero-order valence-corrected chi connectivity index (χ0v) is 6.17. The third-order valence-corrected chi connectivity index (χ3v) is 1.72. The van der Waals surface area contributed by atoms with Gasteiger partial charge in [-0.2, -0.15) is 0 Å². The predicted molar refractivity (Wildman–Crippen MR) is 41.5 cm³/mol. The number of hydrogen-bond donors (Lipinski definition) is 1. The number of hydrogen-bond acceptors (Lipinski definition) is 4. The van der Waals surface area contributed by atoms with Crippen LogP contribution in [0.2, 0.25) is 0 Å². The molecule has 0 amide bonds. The molecule has 0 aromatic heterocycles. The van der Waals surface area contributed by atoms with Crippen LogP contribution in [0.15, 0.2) is 0 Å². The first-order valence-corrected chi connectivity index (χ1v) is 3.61. The summed E-state index contributed by atoms with van der Waals surface area (Å²) in [6.07, 6.45) is 0. The van der Waals surface area contributed by atoms with Gasteiger partial charge in [0.25, 0.3) is 0 Å². The molecule has 0 saturated heterocycles. The van der Waals surface area contributed by atoms with Crippen molar-refractivity contribution in [1.29, 1.82) is 0 Å². The van der Waals surface area contributed by atoms with Gasteiger partial charge in [-0.15, -0.1) is 11.8 Å². The zero-order chi connectivity index (χ0) is 5.70. The van der Waals surface area contributed by atoms with Gasteiger partial charge >= 0.3 is 0 Å². The summed E-state index contributed by atoms with van der Waals surface area (Å²) < 4.78 is 0.561. The van der Waals surface area contributed by atoms with Gasteiger partial charge < -0.3 is 30.6 Å². The Morgan fingerprint density at radius 2 is 2.43 bits per heavy atom. The summed E-state index contributed by atoms with van der Waals surface area (Å²) in [5, 5.41) is 0. The summed E-state index contributed by atoms with van der Waals surface area (Å²) in [4.78, 5) is 0. The molecule has 42 valence electrons. The lowest BCUT2D eigenvalue weighted by Crippen LogP contribution is -2.02. The monoisotopic (exact) mass is 152 g/mol. The van der Waals surface area contributed by atoms with Crippen LogP contribution in [0.25, 0.3) is 0 Å². The molecule has 0 heterocycles. The second-order valence-corrected chi connectivity index (χ2v) is 3.58. The second kappa shape index (κ2) is 4.77. The van der Waals surface area contributed by atoms with Gasteiger partial charge in [-0.05, 0) is 0 Å². The van der Waals surface area contributed by atoms with Gasteiger partial charge in [-0.25, -0.2) is 0 Å². The zero-order valence-electron chi connectivity index (χ0n) is 3.72. The first-order chi connectivity index (χ1) is 3.27. The average molecular weight is 152 g/mol. The number of thioether (sulfide) groups is 1. The van der Waals surface area contributed by atoms with E-state index in [0.717, 1.165) is 5.75 Å². The van der Waals surface area contributed by atoms with Gasteiger partial charge in [-0.1, -0.05) is 3.53 Å². The Morgan fingerprint density at radius 3 is 2.57 bits per heavy atom. The Hall–Kier alpha value is 0.620. The molecule has 0 unspecified atom stereocenters. The van der Waals surface area contributed by atoms with Gasteiger partial charge in [0.05, 0.1) is 0 Å². The SMILES string of the molecule is NCCSC(=S)[S-]. The predicted octanol–water partition coefficient (Wildman–Crippen LogP) is 0.510. The van der Waals surface area contributed by atoms with Crippen molar-refractivity contribution >= 4 is 40.1 Å². The van der Waals surface area contributed by atoms with Crippen LogP contribution in [-0.2, 0) is 12.6 Å². The molecule has 0 aliphatic heterocycles. The van der Waals surface area contributed by atoms with E-state index in [0.29, 0.717) is 10.1 Å². The summed E-state index contributed by atoms with van der Waals surface area (Å²) >= 11 is 10.6. The van der Waals surface area contributed by atoms with Crippen LogP contribution in [0.4, 0.5) is 0 Å².